The predicted octanol–water partition coefficient (Wildman–Crippen LogP) is 5.80. The Labute approximate surface area is 235 Å². The molecule has 0 fully saturated rings. The van der Waals surface area contributed by atoms with E-state index >= 15 is 0 Å². The van der Waals surface area contributed by atoms with E-state index < -0.39 is 0 Å². The number of hydrogen-bond acceptors (Lipinski definition) is 7. The SMILES string of the molecule is CC(=O)Nc1cc(-c2cc(-c3cc(NC(=O)c4ccnc(C(C)(C)C)c4)cnc3C)ccn2)ccn1.CC(C)O. The quantitative estimate of drug-likeness (QED) is 0.291. The first-order valence-electron chi connectivity index (χ1n) is 13.0. The molecule has 0 atom stereocenters. The van der Waals surface area contributed by atoms with E-state index in [1.165, 1.54) is 6.92 Å². The van der Waals surface area contributed by atoms with Crippen molar-refractivity contribution >= 4 is 23.3 Å². The van der Waals surface area contributed by atoms with Crippen LogP contribution in [0.5, 0.6) is 0 Å². The van der Waals surface area contributed by atoms with E-state index in [1.807, 2.05) is 37.3 Å². The van der Waals surface area contributed by atoms with Gasteiger partial charge in [-0.25, -0.2) is 4.98 Å². The van der Waals surface area contributed by atoms with Crippen molar-refractivity contribution in [2.24, 2.45) is 0 Å². The number of amides is 2. The van der Waals surface area contributed by atoms with E-state index in [9.17, 15) is 9.59 Å². The molecule has 4 aromatic heterocycles. The maximum atomic E-state index is 13.0. The number of nitrogens with one attached hydrogen (secondary N) is 2. The molecule has 40 heavy (non-hydrogen) atoms. The fourth-order valence-electron chi connectivity index (χ4n) is 3.67. The Morgan fingerprint density at radius 1 is 0.850 bits per heavy atom. The predicted molar refractivity (Wildman–Crippen MR) is 158 cm³/mol. The van der Waals surface area contributed by atoms with Crippen LogP contribution in [0.3, 0.4) is 0 Å². The molecule has 0 unspecified atom stereocenters. The maximum absolute atomic E-state index is 13.0. The van der Waals surface area contributed by atoms with Gasteiger partial charge in [0.05, 0.1) is 17.6 Å². The molecule has 4 aromatic rings. The Hall–Kier alpha value is -4.50. The molecular weight excluding hydrogens is 504 g/mol. The first-order valence-corrected chi connectivity index (χ1v) is 13.0. The zero-order valence-electron chi connectivity index (χ0n) is 24.0. The average molecular weight is 541 g/mol. The van der Waals surface area contributed by atoms with Crippen LogP contribution in [-0.4, -0.2) is 43.0 Å². The second kappa shape index (κ2) is 13.0. The lowest BCUT2D eigenvalue weighted by Gasteiger charge is -2.18. The third-order valence-corrected chi connectivity index (χ3v) is 5.57. The van der Waals surface area contributed by atoms with Crippen LogP contribution in [0.15, 0.2) is 67.3 Å². The highest BCUT2D eigenvalue weighted by Crippen LogP contribution is 2.29. The number of pyridine rings is 4. The molecule has 0 spiro atoms. The molecule has 0 saturated carbocycles. The van der Waals surface area contributed by atoms with Gasteiger partial charge in [0, 0.05) is 65.1 Å². The Morgan fingerprint density at radius 2 is 1.50 bits per heavy atom. The minimum Gasteiger partial charge on any atom is -0.394 e. The molecule has 0 aliphatic heterocycles. The molecule has 0 aliphatic rings. The van der Waals surface area contributed by atoms with Crippen LogP contribution in [0, 0.1) is 6.92 Å². The van der Waals surface area contributed by atoms with Gasteiger partial charge in [0.25, 0.3) is 5.91 Å². The topological polar surface area (TPSA) is 130 Å². The molecule has 0 bridgehead atoms. The van der Waals surface area contributed by atoms with Crippen molar-refractivity contribution in [1.82, 2.24) is 19.9 Å². The third-order valence-electron chi connectivity index (χ3n) is 5.57. The van der Waals surface area contributed by atoms with Crippen molar-refractivity contribution < 1.29 is 14.7 Å². The molecule has 0 saturated heterocycles. The second-order valence-corrected chi connectivity index (χ2v) is 10.6. The normalized spacial score (nSPS) is 10.9. The summed E-state index contributed by atoms with van der Waals surface area (Å²) in [4.78, 5) is 41.9. The number of aliphatic hydroxyl groups excluding tert-OH is 1. The summed E-state index contributed by atoms with van der Waals surface area (Å²) in [7, 11) is 0. The van der Waals surface area contributed by atoms with Gasteiger partial charge in [-0.05, 0) is 68.8 Å². The Kier molecular flexibility index (Phi) is 9.79. The van der Waals surface area contributed by atoms with Crippen LogP contribution in [0.1, 0.15) is 63.3 Å². The summed E-state index contributed by atoms with van der Waals surface area (Å²) in [5.41, 5.74) is 5.94. The number of anilines is 2. The Morgan fingerprint density at radius 3 is 2.17 bits per heavy atom. The standard InChI is InChI=1S/C28H28N6O2.C3H8O/c1-17-23(19-6-9-29-24(12-19)20-7-11-31-26(14-20)33-18(2)35)15-22(16-32-17)34-27(36)21-8-10-30-25(13-21)28(3,4)5;1-3(2)4/h6-16H,1-5H3,(H,34,36)(H,31,33,35);3-4H,1-2H3. The van der Waals surface area contributed by atoms with Gasteiger partial charge in [0.2, 0.25) is 5.91 Å². The number of carbonyl (C=O) groups is 2. The largest absolute Gasteiger partial charge is 0.394 e. The van der Waals surface area contributed by atoms with E-state index in [-0.39, 0.29) is 23.3 Å². The van der Waals surface area contributed by atoms with Gasteiger partial charge in [-0.3, -0.25) is 24.5 Å². The summed E-state index contributed by atoms with van der Waals surface area (Å²) in [5, 5.41) is 13.7. The molecule has 0 aliphatic carbocycles. The summed E-state index contributed by atoms with van der Waals surface area (Å²) in [6, 6.07) is 12.9. The first-order chi connectivity index (χ1) is 18.8. The van der Waals surface area contributed by atoms with Gasteiger partial charge in [-0.1, -0.05) is 20.8 Å². The summed E-state index contributed by atoms with van der Waals surface area (Å²) >= 11 is 0. The van der Waals surface area contributed by atoms with Crippen molar-refractivity contribution in [3.63, 3.8) is 0 Å². The fourth-order valence-corrected chi connectivity index (χ4v) is 3.67. The van der Waals surface area contributed by atoms with E-state index in [0.29, 0.717) is 17.1 Å². The minimum absolute atomic E-state index is 0.161. The molecule has 0 aromatic carbocycles. The number of rotatable bonds is 5. The van der Waals surface area contributed by atoms with Crippen LogP contribution in [0.4, 0.5) is 11.5 Å². The fraction of sp³-hybridized carbons (Fsp3) is 0.290. The van der Waals surface area contributed by atoms with Crippen molar-refractivity contribution in [1.29, 1.82) is 0 Å². The highest BCUT2D eigenvalue weighted by atomic mass is 16.3. The lowest BCUT2D eigenvalue weighted by molar-refractivity contribution is -0.114. The summed E-state index contributed by atoms with van der Waals surface area (Å²) in [6.45, 7) is 13.0. The van der Waals surface area contributed by atoms with Crippen molar-refractivity contribution in [2.45, 2.75) is 60.0 Å². The number of aromatic nitrogens is 4. The third kappa shape index (κ3) is 8.51. The maximum Gasteiger partial charge on any atom is 0.255 e. The van der Waals surface area contributed by atoms with Gasteiger partial charge in [-0.2, -0.15) is 0 Å². The number of carbonyl (C=O) groups excluding carboxylic acids is 2. The van der Waals surface area contributed by atoms with E-state index in [0.717, 1.165) is 33.8 Å². The van der Waals surface area contributed by atoms with Crippen LogP contribution < -0.4 is 10.6 Å². The highest BCUT2D eigenvalue weighted by Gasteiger charge is 2.18. The lowest BCUT2D eigenvalue weighted by Crippen LogP contribution is -2.17. The molecule has 9 heteroatoms. The van der Waals surface area contributed by atoms with Crippen molar-refractivity contribution in [2.75, 3.05) is 10.6 Å². The molecule has 4 heterocycles. The minimum atomic E-state index is -0.225. The molecule has 0 radical (unpaired) electrons. The highest BCUT2D eigenvalue weighted by molar-refractivity contribution is 6.04. The molecule has 4 rings (SSSR count). The van der Waals surface area contributed by atoms with Crippen LogP contribution in [-0.2, 0) is 10.2 Å². The molecule has 3 N–H and O–H groups in total. The van der Waals surface area contributed by atoms with Gasteiger partial charge >= 0.3 is 0 Å². The summed E-state index contributed by atoms with van der Waals surface area (Å²) < 4.78 is 0. The number of aliphatic hydroxyl groups is 1. The zero-order valence-corrected chi connectivity index (χ0v) is 24.0. The smallest absolute Gasteiger partial charge is 0.255 e. The molecule has 2 amide bonds. The Bertz CT molecular complexity index is 1490. The number of hydrogen-bond donors (Lipinski definition) is 3. The van der Waals surface area contributed by atoms with Crippen LogP contribution >= 0.6 is 0 Å². The summed E-state index contributed by atoms with van der Waals surface area (Å²) in [6.07, 6.45) is 6.48. The number of nitrogens with zero attached hydrogens (tertiary/aromatic N) is 4. The Balaban J connectivity index is 0.00000103. The van der Waals surface area contributed by atoms with Crippen LogP contribution in [0.25, 0.3) is 22.4 Å². The van der Waals surface area contributed by atoms with Crippen molar-refractivity contribution in [3.8, 4) is 22.4 Å². The molecule has 208 valence electrons. The van der Waals surface area contributed by atoms with Crippen LogP contribution in [0.2, 0.25) is 0 Å². The van der Waals surface area contributed by atoms with E-state index in [2.05, 4.69) is 51.3 Å². The lowest BCUT2D eigenvalue weighted by atomic mass is 9.91. The first kappa shape index (κ1) is 30.0. The van der Waals surface area contributed by atoms with Gasteiger partial charge < -0.3 is 15.7 Å². The second-order valence-electron chi connectivity index (χ2n) is 10.6. The monoisotopic (exact) mass is 540 g/mol. The molecular formula is C31H36N6O3. The number of aryl methyl sites for hydroxylation is 1. The summed E-state index contributed by atoms with van der Waals surface area (Å²) in [5.74, 6) is 0.0426. The van der Waals surface area contributed by atoms with Gasteiger partial charge in [-0.15, -0.1) is 0 Å². The van der Waals surface area contributed by atoms with Gasteiger partial charge in [0.15, 0.2) is 0 Å². The zero-order chi connectivity index (χ0) is 29.4. The molecule has 9 nitrogen and oxygen atoms in total. The van der Waals surface area contributed by atoms with Crippen molar-refractivity contribution in [3.05, 3.63) is 84.2 Å². The van der Waals surface area contributed by atoms with Gasteiger partial charge in [0.1, 0.15) is 5.82 Å². The van der Waals surface area contributed by atoms with E-state index in [4.69, 9.17) is 5.11 Å². The van der Waals surface area contributed by atoms with E-state index in [1.54, 1.807) is 50.8 Å². The average Bonchev–Trinajstić information content (AvgIpc) is 2.89.